The van der Waals surface area contributed by atoms with Gasteiger partial charge in [0.1, 0.15) is 12.1 Å². The van der Waals surface area contributed by atoms with E-state index in [9.17, 15) is 19.0 Å². The van der Waals surface area contributed by atoms with Crippen molar-refractivity contribution in [3.8, 4) is 0 Å². The topological polar surface area (TPSA) is 155 Å². The molecule has 0 rings (SSSR count). The number of carboxylic acids is 1. The standard InChI is InChI=1S/C40H76NO9P/c1-3-5-7-9-11-12-13-14-15-16-17-18-19-20-21-22-23-24-25-27-29-31-33-47-34-37(35-48-51(45,46)49-36-38(41)40(43)44)50-39(42)32-30-28-26-10-8-6-4-2/h13-14,16-17,37-38H,3-12,15,18-36,41H2,1-2H3,(H,43,44)(H,45,46)/b14-13-,17-16-. The summed E-state index contributed by atoms with van der Waals surface area (Å²) in [5.74, 6) is -1.78. The van der Waals surface area contributed by atoms with Gasteiger partial charge in [0, 0.05) is 13.0 Å². The quantitative estimate of drug-likeness (QED) is 0.0240. The van der Waals surface area contributed by atoms with E-state index in [0.29, 0.717) is 13.0 Å². The van der Waals surface area contributed by atoms with Crippen LogP contribution in [0.2, 0.25) is 0 Å². The molecule has 0 bridgehead atoms. The molecule has 4 N–H and O–H groups in total. The maximum Gasteiger partial charge on any atom is 0.472 e. The molecular weight excluding hydrogens is 669 g/mol. The van der Waals surface area contributed by atoms with Gasteiger partial charge in [0.15, 0.2) is 0 Å². The molecule has 0 radical (unpaired) electrons. The van der Waals surface area contributed by atoms with Gasteiger partial charge in [-0.25, -0.2) is 4.57 Å². The first-order chi connectivity index (χ1) is 24.7. The highest BCUT2D eigenvalue weighted by Crippen LogP contribution is 2.43. The average Bonchev–Trinajstić information content (AvgIpc) is 3.10. The number of esters is 1. The van der Waals surface area contributed by atoms with E-state index in [2.05, 4.69) is 42.7 Å². The molecule has 51 heavy (non-hydrogen) atoms. The van der Waals surface area contributed by atoms with Crippen LogP contribution in [0, 0.1) is 0 Å². The number of unbranched alkanes of at least 4 members (excludes halogenated alkanes) is 21. The summed E-state index contributed by atoms with van der Waals surface area (Å²) in [5, 5.41) is 8.85. The Labute approximate surface area is 311 Å². The van der Waals surface area contributed by atoms with E-state index in [1.54, 1.807) is 0 Å². The number of hydrogen-bond acceptors (Lipinski definition) is 8. The normalized spacial score (nSPS) is 14.3. The highest BCUT2D eigenvalue weighted by molar-refractivity contribution is 7.47. The van der Waals surface area contributed by atoms with Gasteiger partial charge in [0.2, 0.25) is 0 Å². The molecule has 0 aliphatic heterocycles. The maximum absolute atomic E-state index is 12.5. The third-order valence-electron chi connectivity index (χ3n) is 8.73. The number of hydrogen-bond donors (Lipinski definition) is 3. The van der Waals surface area contributed by atoms with Crippen molar-refractivity contribution in [1.29, 1.82) is 0 Å². The van der Waals surface area contributed by atoms with Gasteiger partial charge in [-0.05, 0) is 44.9 Å². The Bertz CT molecular complexity index is 914. The molecule has 0 aliphatic carbocycles. The number of phosphoric ester groups is 1. The first-order valence-electron chi connectivity index (χ1n) is 20.4. The lowest BCUT2D eigenvalue weighted by Crippen LogP contribution is -2.34. The number of aliphatic carboxylic acids is 1. The van der Waals surface area contributed by atoms with E-state index < -0.39 is 45.1 Å². The van der Waals surface area contributed by atoms with Crippen LogP contribution in [0.4, 0.5) is 0 Å². The predicted octanol–water partition coefficient (Wildman–Crippen LogP) is 10.8. The van der Waals surface area contributed by atoms with Crippen LogP contribution in [0.1, 0.15) is 181 Å². The highest BCUT2D eigenvalue weighted by atomic mass is 31.2. The second-order valence-electron chi connectivity index (χ2n) is 13.8. The van der Waals surface area contributed by atoms with Crippen molar-refractivity contribution < 1.29 is 42.7 Å². The number of phosphoric acid groups is 1. The second-order valence-corrected chi connectivity index (χ2v) is 15.2. The molecule has 0 saturated carbocycles. The van der Waals surface area contributed by atoms with Gasteiger partial charge >= 0.3 is 19.8 Å². The summed E-state index contributed by atoms with van der Waals surface area (Å²) in [6.07, 6.45) is 38.3. The van der Waals surface area contributed by atoms with Crippen LogP contribution in [0.3, 0.4) is 0 Å². The molecule has 0 spiro atoms. The van der Waals surface area contributed by atoms with Gasteiger partial charge < -0.3 is 25.2 Å². The molecule has 3 atom stereocenters. The van der Waals surface area contributed by atoms with Gasteiger partial charge in [-0.2, -0.15) is 0 Å². The predicted molar refractivity (Wildman–Crippen MR) is 208 cm³/mol. The Hall–Kier alpha value is -1.55. The molecular formula is C40H76NO9P. The van der Waals surface area contributed by atoms with Gasteiger partial charge in [0.05, 0.1) is 19.8 Å². The van der Waals surface area contributed by atoms with Crippen molar-refractivity contribution in [2.45, 2.75) is 193 Å². The zero-order chi connectivity index (χ0) is 37.7. The second kappa shape index (κ2) is 36.8. The minimum Gasteiger partial charge on any atom is -0.480 e. The number of carbonyl (C=O) groups is 2. The first kappa shape index (κ1) is 49.5. The minimum atomic E-state index is -4.60. The molecule has 11 heteroatoms. The number of nitrogens with two attached hydrogens (primary N) is 1. The third-order valence-corrected chi connectivity index (χ3v) is 9.68. The molecule has 3 unspecified atom stereocenters. The molecule has 0 aliphatic rings. The van der Waals surface area contributed by atoms with Crippen LogP contribution in [-0.4, -0.2) is 60.5 Å². The summed E-state index contributed by atoms with van der Waals surface area (Å²) in [4.78, 5) is 33.2. The fourth-order valence-electron chi connectivity index (χ4n) is 5.52. The van der Waals surface area contributed by atoms with Crippen LogP contribution in [0.25, 0.3) is 0 Å². The van der Waals surface area contributed by atoms with Crippen LogP contribution < -0.4 is 5.73 Å². The monoisotopic (exact) mass is 746 g/mol. The van der Waals surface area contributed by atoms with Crippen molar-refractivity contribution in [2.24, 2.45) is 5.73 Å². The molecule has 300 valence electrons. The van der Waals surface area contributed by atoms with Crippen LogP contribution in [0.5, 0.6) is 0 Å². The Morgan fingerprint density at radius 3 is 1.59 bits per heavy atom. The zero-order valence-electron chi connectivity index (χ0n) is 32.5. The summed E-state index contributed by atoms with van der Waals surface area (Å²) >= 11 is 0. The number of carboxylic acid groups (broad SMARTS) is 1. The molecule has 10 nitrogen and oxygen atoms in total. The SMILES string of the molecule is CCCCCCC/C=C\C/C=C\CCCCCCCCCCCCOCC(COP(=O)(O)OCC(N)C(=O)O)OC(=O)CCCCCCCCC. The summed E-state index contributed by atoms with van der Waals surface area (Å²) in [5.41, 5.74) is 5.33. The largest absolute Gasteiger partial charge is 0.480 e. The smallest absolute Gasteiger partial charge is 0.472 e. The number of rotatable bonds is 39. The highest BCUT2D eigenvalue weighted by Gasteiger charge is 2.27. The number of ether oxygens (including phenoxy) is 2. The minimum absolute atomic E-state index is 0.0174. The van der Waals surface area contributed by atoms with E-state index in [0.717, 1.165) is 44.9 Å². The molecule has 0 aromatic heterocycles. The van der Waals surface area contributed by atoms with Gasteiger partial charge in [0.25, 0.3) is 0 Å². The average molecular weight is 746 g/mol. The number of allylic oxidation sites excluding steroid dienone is 4. The van der Waals surface area contributed by atoms with E-state index >= 15 is 0 Å². The Balaban J connectivity index is 4.06. The van der Waals surface area contributed by atoms with Crippen molar-refractivity contribution in [3.63, 3.8) is 0 Å². The van der Waals surface area contributed by atoms with Crippen molar-refractivity contribution in [1.82, 2.24) is 0 Å². The molecule has 0 aromatic rings. The van der Waals surface area contributed by atoms with E-state index in [1.165, 1.54) is 109 Å². The van der Waals surface area contributed by atoms with Crippen molar-refractivity contribution >= 4 is 19.8 Å². The van der Waals surface area contributed by atoms with Crippen LogP contribution in [0.15, 0.2) is 24.3 Å². The summed E-state index contributed by atoms with van der Waals surface area (Å²) in [6.45, 7) is 3.81. The molecule has 0 fully saturated rings. The zero-order valence-corrected chi connectivity index (χ0v) is 33.3. The Morgan fingerprint density at radius 1 is 0.627 bits per heavy atom. The maximum atomic E-state index is 12.5. The van der Waals surface area contributed by atoms with Gasteiger partial charge in [-0.1, -0.05) is 154 Å². The van der Waals surface area contributed by atoms with Crippen LogP contribution in [-0.2, 0) is 32.7 Å². The summed E-state index contributed by atoms with van der Waals surface area (Å²) in [6, 6.07) is -1.47. The third kappa shape index (κ3) is 36.6. The van der Waals surface area contributed by atoms with Crippen molar-refractivity contribution in [2.75, 3.05) is 26.4 Å². The Kier molecular flexibility index (Phi) is 35.7. The molecule has 0 aromatic carbocycles. The van der Waals surface area contributed by atoms with E-state index in [-0.39, 0.29) is 13.0 Å². The lowest BCUT2D eigenvalue weighted by Gasteiger charge is -2.20. The molecule has 0 heterocycles. The van der Waals surface area contributed by atoms with E-state index in [4.69, 9.17) is 24.8 Å². The molecule has 0 amide bonds. The molecule has 0 saturated heterocycles. The van der Waals surface area contributed by atoms with Crippen molar-refractivity contribution in [3.05, 3.63) is 24.3 Å². The fraction of sp³-hybridized carbons (Fsp3) is 0.850. The fourth-order valence-corrected chi connectivity index (χ4v) is 6.29. The van der Waals surface area contributed by atoms with E-state index in [1.807, 2.05) is 0 Å². The Morgan fingerprint density at radius 2 is 1.08 bits per heavy atom. The first-order valence-corrected chi connectivity index (χ1v) is 21.9. The lowest BCUT2D eigenvalue weighted by molar-refractivity contribution is -0.154. The van der Waals surface area contributed by atoms with Gasteiger partial charge in [-0.3, -0.25) is 18.6 Å². The van der Waals surface area contributed by atoms with Crippen LogP contribution >= 0.6 is 7.82 Å². The summed E-state index contributed by atoms with van der Waals surface area (Å²) < 4.78 is 33.1. The lowest BCUT2D eigenvalue weighted by atomic mass is 10.1. The number of carbonyl (C=O) groups excluding carboxylic acids is 1. The summed E-state index contributed by atoms with van der Waals surface area (Å²) in [7, 11) is -4.60. The van der Waals surface area contributed by atoms with Gasteiger partial charge in [-0.15, -0.1) is 0 Å².